The maximum atomic E-state index is 13.6. The van der Waals surface area contributed by atoms with Gasteiger partial charge in [0.2, 0.25) is 0 Å². The molecule has 1 unspecified atom stereocenters. The molecule has 1 aromatic carbocycles. The Morgan fingerprint density at radius 3 is 2.61 bits per heavy atom. The van der Waals surface area contributed by atoms with Gasteiger partial charge in [0.15, 0.2) is 11.6 Å². The number of nitrogens with one attached hydrogen (secondary N) is 1. The molecular weight excluding hydrogens is 232 g/mol. The molecule has 0 bridgehead atoms. The average molecular weight is 253 g/mol. The predicted octanol–water partition coefficient (Wildman–Crippen LogP) is 3.53. The van der Waals surface area contributed by atoms with Crippen molar-refractivity contribution in [1.82, 2.24) is 5.32 Å². The first-order valence-corrected chi connectivity index (χ1v) is 6.74. The van der Waals surface area contributed by atoms with Crippen LogP contribution in [0.2, 0.25) is 0 Å². The Balaban J connectivity index is 2.00. The molecule has 1 aliphatic rings. The van der Waals surface area contributed by atoms with E-state index in [9.17, 15) is 8.78 Å². The molecular formula is C15H21F2N. The van der Waals surface area contributed by atoms with Crippen LogP contribution < -0.4 is 5.32 Å². The first-order chi connectivity index (χ1) is 8.58. The Hall–Kier alpha value is -0.960. The average Bonchev–Trinajstić information content (AvgIpc) is 3.13. The first kappa shape index (κ1) is 13.5. The Morgan fingerprint density at radius 1 is 1.28 bits per heavy atom. The van der Waals surface area contributed by atoms with E-state index in [-0.39, 0.29) is 0 Å². The van der Waals surface area contributed by atoms with E-state index in [0.29, 0.717) is 29.9 Å². The van der Waals surface area contributed by atoms with Crippen molar-refractivity contribution < 1.29 is 8.78 Å². The van der Waals surface area contributed by atoms with Crippen molar-refractivity contribution in [3.05, 3.63) is 35.4 Å². The van der Waals surface area contributed by atoms with Crippen molar-refractivity contribution in [3.8, 4) is 0 Å². The molecule has 1 fully saturated rings. The second kappa shape index (κ2) is 5.79. The van der Waals surface area contributed by atoms with Crippen molar-refractivity contribution in [1.29, 1.82) is 0 Å². The minimum Gasteiger partial charge on any atom is -0.314 e. The van der Waals surface area contributed by atoms with Crippen LogP contribution in [0.3, 0.4) is 0 Å². The number of hydrogen-bond donors (Lipinski definition) is 1. The van der Waals surface area contributed by atoms with E-state index in [0.717, 1.165) is 6.54 Å². The molecule has 18 heavy (non-hydrogen) atoms. The lowest BCUT2D eigenvalue weighted by atomic mass is 9.89. The van der Waals surface area contributed by atoms with E-state index >= 15 is 0 Å². The fraction of sp³-hybridized carbons (Fsp3) is 0.600. The highest BCUT2D eigenvalue weighted by Crippen LogP contribution is 2.23. The molecule has 1 aromatic rings. The summed E-state index contributed by atoms with van der Waals surface area (Å²) in [6, 6.07) is 5.10. The summed E-state index contributed by atoms with van der Waals surface area (Å²) in [4.78, 5) is 0. The lowest BCUT2D eigenvalue weighted by molar-refractivity contribution is 0.353. The van der Waals surface area contributed by atoms with Gasteiger partial charge in [0.25, 0.3) is 0 Å². The third kappa shape index (κ3) is 3.52. The van der Waals surface area contributed by atoms with Crippen LogP contribution in [0.15, 0.2) is 18.2 Å². The molecule has 100 valence electrons. The molecule has 0 aromatic heterocycles. The molecule has 1 aliphatic carbocycles. The molecule has 0 radical (unpaired) electrons. The molecule has 1 nitrogen and oxygen atoms in total. The van der Waals surface area contributed by atoms with E-state index in [2.05, 4.69) is 19.2 Å². The van der Waals surface area contributed by atoms with Crippen LogP contribution in [0.25, 0.3) is 0 Å². The molecule has 3 heteroatoms. The quantitative estimate of drug-likeness (QED) is 0.817. The summed E-state index contributed by atoms with van der Waals surface area (Å²) in [5, 5.41) is 3.48. The van der Waals surface area contributed by atoms with Gasteiger partial charge in [0.05, 0.1) is 0 Å². The normalized spacial score (nSPS) is 17.2. The first-order valence-electron chi connectivity index (χ1n) is 6.74. The van der Waals surface area contributed by atoms with Gasteiger partial charge in [-0.25, -0.2) is 8.78 Å². The van der Waals surface area contributed by atoms with E-state index < -0.39 is 11.6 Å². The topological polar surface area (TPSA) is 12.0 Å². The third-order valence-electron chi connectivity index (χ3n) is 3.70. The van der Waals surface area contributed by atoms with Gasteiger partial charge in [-0.05, 0) is 49.3 Å². The molecule has 1 atom stereocenters. The van der Waals surface area contributed by atoms with Gasteiger partial charge in [-0.1, -0.05) is 26.0 Å². The highest BCUT2D eigenvalue weighted by molar-refractivity contribution is 5.19. The molecule has 0 aliphatic heterocycles. The van der Waals surface area contributed by atoms with E-state index in [4.69, 9.17) is 0 Å². The molecule has 0 saturated heterocycles. The van der Waals surface area contributed by atoms with Gasteiger partial charge in [-0.2, -0.15) is 0 Å². The van der Waals surface area contributed by atoms with Crippen molar-refractivity contribution in [2.24, 2.45) is 11.8 Å². The van der Waals surface area contributed by atoms with Gasteiger partial charge in [0.1, 0.15) is 0 Å². The Kier molecular flexibility index (Phi) is 4.33. The maximum absolute atomic E-state index is 13.6. The second-order valence-corrected chi connectivity index (χ2v) is 5.60. The monoisotopic (exact) mass is 253 g/mol. The van der Waals surface area contributed by atoms with Crippen LogP contribution in [0.1, 0.15) is 32.3 Å². The van der Waals surface area contributed by atoms with Crippen LogP contribution in [0.5, 0.6) is 0 Å². The minimum absolute atomic E-state index is 0.349. The van der Waals surface area contributed by atoms with Crippen molar-refractivity contribution in [3.63, 3.8) is 0 Å². The largest absolute Gasteiger partial charge is 0.314 e. The molecule has 2 rings (SSSR count). The van der Waals surface area contributed by atoms with Crippen LogP contribution in [0, 0.1) is 23.5 Å². The second-order valence-electron chi connectivity index (χ2n) is 5.60. The zero-order valence-electron chi connectivity index (χ0n) is 11.0. The summed E-state index contributed by atoms with van der Waals surface area (Å²) in [5.41, 5.74) is 0.492. The smallest absolute Gasteiger partial charge is 0.162 e. The van der Waals surface area contributed by atoms with Crippen LogP contribution in [-0.2, 0) is 6.42 Å². The number of halogens is 2. The molecule has 1 N–H and O–H groups in total. The summed E-state index contributed by atoms with van der Waals surface area (Å²) < 4.78 is 26.8. The zero-order valence-corrected chi connectivity index (χ0v) is 11.0. The van der Waals surface area contributed by atoms with E-state index in [1.807, 2.05) is 0 Å². The highest BCUT2D eigenvalue weighted by atomic mass is 19.2. The Bertz CT molecular complexity index is 399. The lowest BCUT2D eigenvalue weighted by Crippen LogP contribution is -2.29. The molecule has 0 amide bonds. The summed E-state index contributed by atoms with van der Waals surface area (Å²) in [7, 11) is 0. The fourth-order valence-corrected chi connectivity index (χ4v) is 2.14. The summed E-state index contributed by atoms with van der Waals surface area (Å²) in [6.07, 6.45) is 3.10. The summed E-state index contributed by atoms with van der Waals surface area (Å²) in [6.45, 7) is 5.16. The maximum Gasteiger partial charge on any atom is 0.162 e. The fourth-order valence-electron chi connectivity index (χ4n) is 2.14. The van der Waals surface area contributed by atoms with Gasteiger partial charge in [-0.15, -0.1) is 0 Å². The van der Waals surface area contributed by atoms with Crippen molar-refractivity contribution in [2.45, 2.75) is 39.2 Å². The van der Waals surface area contributed by atoms with Gasteiger partial charge in [0, 0.05) is 6.04 Å². The number of benzene rings is 1. The van der Waals surface area contributed by atoms with Crippen molar-refractivity contribution in [2.75, 3.05) is 6.54 Å². The third-order valence-corrected chi connectivity index (χ3v) is 3.70. The zero-order chi connectivity index (χ0) is 13.1. The minimum atomic E-state index is -0.745. The van der Waals surface area contributed by atoms with Crippen molar-refractivity contribution >= 4 is 0 Å². The SMILES string of the molecule is CC(C)C(CNC1CC1)Cc1cccc(F)c1F. The molecule has 0 spiro atoms. The van der Waals surface area contributed by atoms with Crippen LogP contribution in [-0.4, -0.2) is 12.6 Å². The standard InChI is InChI=1S/C15H21F2N/c1-10(2)12(9-18-13-6-7-13)8-11-4-3-5-14(16)15(11)17/h3-5,10,12-13,18H,6-9H2,1-2H3. The number of rotatable bonds is 6. The van der Waals surface area contributed by atoms with E-state index in [1.165, 1.54) is 18.9 Å². The van der Waals surface area contributed by atoms with Crippen LogP contribution >= 0.6 is 0 Å². The summed E-state index contributed by atoms with van der Waals surface area (Å²) in [5.74, 6) is -0.624. The van der Waals surface area contributed by atoms with Gasteiger partial charge >= 0.3 is 0 Å². The molecule has 0 heterocycles. The van der Waals surface area contributed by atoms with E-state index in [1.54, 1.807) is 12.1 Å². The predicted molar refractivity (Wildman–Crippen MR) is 69.4 cm³/mol. The highest BCUT2D eigenvalue weighted by Gasteiger charge is 2.24. The number of hydrogen-bond acceptors (Lipinski definition) is 1. The lowest BCUT2D eigenvalue weighted by Gasteiger charge is -2.21. The summed E-state index contributed by atoms with van der Waals surface area (Å²) >= 11 is 0. The Labute approximate surface area is 108 Å². The van der Waals surface area contributed by atoms with Gasteiger partial charge < -0.3 is 5.32 Å². The van der Waals surface area contributed by atoms with Gasteiger partial charge in [-0.3, -0.25) is 0 Å². The molecule has 1 saturated carbocycles. The van der Waals surface area contributed by atoms with Crippen LogP contribution in [0.4, 0.5) is 8.78 Å². The Morgan fingerprint density at radius 2 is 2.00 bits per heavy atom.